The van der Waals surface area contributed by atoms with Gasteiger partial charge >= 0.3 is 0 Å². The Kier molecular flexibility index (Phi) is 5.46. The van der Waals surface area contributed by atoms with Gasteiger partial charge in [0.15, 0.2) is 5.78 Å². The molecule has 1 aliphatic carbocycles. The van der Waals surface area contributed by atoms with Gasteiger partial charge in [-0.05, 0) is 42.5 Å². The molecule has 2 heterocycles. The zero-order valence-corrected chi connectivity index (χ0v) is 18.9. The Hall–Kier alpha value is -3.67. The topological polar surface area (TPSA) is 77.0 Å². The molecule has 0 unspecified atom stereocenters. The molecule has 32 heavy (non-hydrogen) atoms. The number of H-pyrrole nitrogens is 1. The summed E-state index contributed by atoms with van der Waals surface area (Å²) in [4.78, 5) is 26.9. The minimum Gasteiger partial charge on any atom is -0.499 e. The van der Waals surface area contributed by atoms with Gasteiger partial charge in [-0.15, -0.1) is 0 Å². The van der Waals surface area contributed by atoms with E-state index in [-0.39, 0.29) is 16.8 Å². The van der Waals surface area contributed by atoms with E-state index in [0.29, 0.717) is 46.8 Å². The number of rotatable bonds is 5. The number of hydrogen-bond donors (Lipinski definition) is 1. The molecular formula is C26H27N3O3. The molecule has 4 rings (SSSR count). The highest BCUT2D eigenvalue weighted by Crippen LogP contribution is 2.36. The van der Waals surface area contributed by atoms with Crippen LogP contribution in [0.4, 0.5) is 0 Å². The van der Waals surface area contributed by atoms with Gasteiger partial charge in [0, 0.05) is 17.7 Å². The number of aromatic nitrogens is 3. The quantitative estimate of drug-likeness (QED) is 0.453. The average Bonchev–Trinajstić information content (AvgIpc) is 3.25. The Bertz CT molecular complexity index is 1290. The minimum atomic E-state index is -0.258. The molecule has 6 heteroatoms. The van der Waals surface area contributed by atoms with Gasteiger partial charge in [0.2, 0.25) is 0 Å². The molecule has 0 saturated heterocycles. The number of benzene rings is 1. The fourth-order valence-corrected chi connectivity index (χ4v) is 4.27. The number of Topliss-reactive ketones (excluding diaryl/α,β-unsaturated/α-hetero) is 1. The highest BCUT2D eigenvalue weighted by Gasteiger charge is 2.35. The molecule has 1 aromatic carbocycles. The molecule has 0 fully saturated rings. The van der Waals surface area contributed by atoms with E-state index >= 15 is 0 Å². The summed E-state index contributed by atoms with van der Waals surface area (Å²) in [6.45, 7) is 9.75. The molecule has 0 bridgehead atoms. The first-order valence-electron chi connectivity index (χ1n) is 10.6. The maximum atomic E-state index is 13.8. The van der Waals surface area contributed by atoms with Crippen LogP contribution in [0.3, 0.4) is 0 Å². The molecule has 0 saturated carbocycles. The number of ketones is 1. The standard InChI is InChI=1S/C26H27N3O3/c1-6-22(16(2)32-5)29-23-14-26(3,4)15-24(30)19(23)12-18(25(29)31)21-13-20(27-28-21)17-10-8-7-9-11-17/h6-13H,1,14-15H2,2-5H3,(H,27,28)/b22-16-. The molecule has 1 aliphatic rings. The zero-order valence-electron chi connectivity index (χ0n) is 18.9. The maximum Gasteiger partial charge on any atom is 0.264 e. The van der Waals surface area contributed by atoms with Crippen LogP contribution in [-0.2, 0) is 11.2 Å². The summed E-state index contributed by atoms with van der Waals surface area (Å²) in [5, 5.41) is 7.40. The number of pyridine rings is 1. The van der Waals surface area contributed by atoms with Crippen LogP contribution in [0.15, 0.2) is 65.7 Å². The summed E-state index contributed by atoms with van der Waals surface area (Å²) in [6.07, 6.45) is 2.61. The highest BCUT2D eigenvalue weighted by atomic mass is 16.5. The van der Waals surface area contributed by atoms with Gasteiger partial charge in [0.1, 0.15) is 5.76 Å². The van der Waals surface area contributed by atoms with Crippen molar-refractivity contribution in [2.75, 3.05) is 7.11 Å². The Balaban J connectivity index is 1.99. The summed E-state index contributed by atoms with van der Waals surface area (Å²) in [5.41, 5.74) is 3.86. The average molecular weight is 430 g/mol. The first-order valence-corrected chi connectivity index (χ1v) is 10.6. The lowest BCUT2D eigenvalue weighted by Gasteiger charge is -2.32. The van der Waals surface area contributed by atoms with Gasteiger partial charge in [-0.1, -0.05) is 50.8 Å². The summed E-state index contributed by atoms with van der Waals surface area (Å²) < 4.78 is 7.01. The van der Waals surface area contributed by atoms with E-state index in [2.05, 4.69) is 16.8 Å². The second kappa shape index (κ2) is 8.11. The number of hydrogen-bond acceptors (Lipinski definition) is 4. The minimum absolute atomic E-state index is 0.0172. The first-order chi connectivity index (χ1) is 15.3. The van der Waals surface area contributed by atoms with Crippen molar-refractivity contribution in [2.24, 2.45) is 5.41 Å². The molecule has 0 atom stereocenters. The van der Waals surface area contributed by atoms with Crippen LogP contribution in [-0.4, -0.2) is 27.7 Å². The third-order valence-electron chi connectivity index (χ3n) is 5.93. The SMILES string of the molecule is C=C/C(=C(\C)OC)n1c2c(cc(-c3cc(-c4ccccc4)[nH]n3)c1=O)C(=O)CC(C)(C)C2. The molecular weight excluding hydrogens is 402 g/mol. The second-order valence-electron chi connectivity index (χ2n) is 8.88. The Morgan fingerprint density at radius 1 is 1.16 bits per heavy atom. The number of nitrogens with zero attached hydrogens (tertiary/aromatic N) is 2. The van der Waals surface area contributed by atoms with E-state index in [4.69, 9.17) is 4.74 Å². The van der Waals surface area contributed by atoms with E-state index in [0.717, 1.165) is 11.3 Å². The number of methoxy groups -OCH3 is 1. The molecule has 6 nitrogen and oxygen atoms in total. The number of ether oxygens (including phenoxy) is 1. The maximum absolute atomic E-state index is 13.8. The third-order valence-corrected chi connectivity index (χ3v) is 5.93. The lowest BCUT2D eigenvalue weighted by atomic mass is 9.75. The monoisotopic (exact) mass is 429 g/mol. The number of carbonyl (C=O) groups excluding carboxylic acids is 1. The number of fused-ring (bicyclic) bond motifs is 1. The molecule has 164 valence electrons. The van der Waals surface area contributed by atoms with Gasteiger partial charge in [0.25, 0.3) is 5.56 Å². The van der Waals surface area contributed by atoms with E-state index in [1.165, 1.54) is 0 Å². The summed E-state index contributed by atoms with van der Waals surface area (Å²) in [6, 6.07) is 13.3. The van der Waals surface area contributed by atoms with Crippen LogP contribution in [0.1, 0.15) is 43.2 Å². The van der Waals surface area contributed by atoms with Crippen molar-refractivity contribution in [2.45, 2.75) is 33.6 Å². The fourth-order valence-electron chi connectivity index (χ4n) is 4.27. The molecule has 0 amide bonds. The van der Waals surface area contributed by atoms with Crippen LogP contribution in [0.2, 0.25) is 0 Å². The molecule has 2 aromatic heterocycles. The van der Waals surface area contributed by atoms with Crippen LogP contribution >= 0.6 is 0 Å². The summed E-state index contributed by atoms with van der Waals surface area (Å²) in [7, 11) is 1.55. The van der Waals surface area contributed by atoms with Gasteiger partial charge in [-0.3, -0.25) is 19.3 Å². The predicted octanol–water partition coefficient (Wildman–Crippen LogP) is 5.08. The van der Waals surface area contributed by atoms with E-state index < -0.39 is 0 Å². The second-order valence-corrected chi connectivity index (χ2v) is 8.88. The molecule has 3 aromatic rings. The van der Waals surface area contributed by atoms with Gasteiger partial charge in [-0.25, -0.2) is 0 Å². The molecule has 1 N–H and O–H groups in total. The van der Waals surface area contributed by atoms with Crippen LogP contribution in [0.25, 0.3) is 28.2 Å². The normalized spacial score (nSPS) is 15.7. The van der Waals surface area contributed by atoms with E-state index in [9.17, 15) is 9.59 Å². The first kappa shape index (κ1) is 21.6. The van der Waals surface area contributed by atoms with Gasteiger partial charge < -0.3 is 4.74 Å². The van der Waals surface area contributed by atoms with Crippen molar-refractivity contribution in [3.05, 3.63) is 82.5 Å². The van der Waals surface area contributed by atoms with Crippen molar-refractivity contribution in [1.29, 1.82) is 0 Å². The Labute approximate surface area is 187 Å². The van der Waals surface area contributed by atoms with E-state index in [1.807, 2.05) is 50.2 Å². The van der Waals surface area contributed by atoms with Crippen molar-refractivity contribution in [3.63, 3.8) is 0 Å². The van der Waals surface area contributed by atoms with Crippen molar-refractivity contribution in [3.8, 4) is 22.5 Å². The Morgan fingerprint density at radius 2 is 1.88 bits per heavy atom. The molecule has 0 aliphatic heterocycles. The largest absolute Gasteiger partial charge is 0.499 e. The van der Waals surface area contributed by atoms with Crippen LogP contribution in [0, 0.1) is 5.41 Å². The third kappa shape index (κ3) is 3.73. The number of allylic oxidation sites excluding steroid dienone is 3. The predicted molar refractivity (Wildman–Crippen MR) is 126 cm³/mol. The molecule has 0 spiro atoms. The van der Waals surface area contributed by atoms with Crippen molar-refractivity contribution >= 4 is 11.5 Å². The number of carbonyl (C=O) groups is 1. The fraction of sp³-hybridized carbons (Fsp3) is 0.269. The van der Waals surface area contributed by atoms with Crippen LogP contribution < -0.4 is 5.56 Å². The number of nitrogens with one attached hydrogen (secondary N) is 1. The van der Waals surface area contributed by atoms with Crippen molar-refractivity contribution < 1.29 is 9.53 Å². The van der Waals surface area contributed by atoms with E-state index in [1.54, 1.807) is 30.7 Å². The lowest BCUT2D eigenvalue weighted by Crippen LogP contribution is -2.35. The summed E-state index contributed by atoms with van der Waals surface area (Å²) in [5.74, 6) is 0.563. The van der Waals surface area contributed by atoms with Crippen molar-refractivity contribution in [1.82, 2.24) is 14.8 Å². The highest BCUT2D eigenvalue weighted by molar-refractivity contribution is 6.00. The summed E-state index contributed by atoms with van der Waals surface area (Å²) >= 11 is 0. The zero-order chi connectivity index (χ0) is 23.0. The number of aromatic amines is 1. The Morgan fingerprint density at radius 3 is 2.53 bits per heavy atom. The molecule has 0 radical (unpaired) electrons. The van der Waals surface area contributed by atoms with Gasteiger partial charge in [-0.2, -0.15) is 5.10 Å². The van der Waals surface area contributed by atoms with Gasteiger partial charge in [0.05, 0.1) is 29.8 Å². The van der Waals surface area contributed by atoms with Crippen LogP contribution in [0.5, 0.6) is 0 Å². The smallest absolute Gasteiger partial charge is 0.264 e. The lowest BCUT2D eigenvalue weighted by molar-refractivity contribution is 0.0909.